The highest BCUT2D eigenvalue weighted by Gasteiger charge is 2.22. The van der Waals surface area contributed by atoms with Gasteiger partial charge >= 0.3 is 0 Å². The van der Waals surface area contributed by atoms with E-state index in [2.05, 4.69) is 15.1 Å². The van der Waals surface area contributed by atoms with Crippen LogP contribution in [0.15, 0.2) is 36.5 Å². The molecule has 1 atom stereocenters. The number of hydrogen-bond donors (Lipinski definition) is 2. The fourth-order valence-corrected chi connectivity index (χ4v) is 3.19. The summed E-state index contributed by atoms with van der Waals surface area (Å²) in [4.78, 5) is 2.25. The number of aliphatic hydroxyl groups is 1. The fourth-order valence-electron chi connectivity index (χ4n) is 3.19. The van der Waals surface area contributed by atoms with Crippen molar-refractivity contribution in [3.63, 3.8) is 0 Å². The normalized spacial score (nSPS) is 17.9. The molecule has 0 radical (unpaired) electrons. The van der Waals surface area contributed by atoms with Gasteiger partial charge in [-0.1, -0.05) is 18.2 Å². The van der Waals surface area contributed by atoms with Gasteiger partial charge in [0.1, 0.15) is 5.82 Å². The molecule has 1 aromatic carbocycles. The molecule has 1 aliphatic rings. The van der Waals surface area contributed by atoms with Crippen molar-refractivity contribution >= 4 is 0 Å². The van der Waals surface area contributed by atoms with Gasteiger partial charge in [-0.25, -0.2) is 4.39 Å². The summed E-state index contributed by atoms with van der Waals surface area (Å²) in [5.41, 5.74) is 1.72. The predicted octanol–water partition coefficient (Wildman–Crippen LogP) is 2.31. The van der Waals surface area contributed by atoms with Gasteiger partial charge in [0.15, 0.2) is 0 Å². The van der Waals surface area contributed by atoms with Crippen LogP contribution in [0.1, 0.15) is 30.0 Å². The number of aromatic amines is 1. The number of piperidine rings is 1. The summed E-state index contributed by atoms with van der Waals surface area (Å²) >= 11 is 0. The first-order valence-electron chi connectivity index (χ1n) is 8.43. The molecule has 3 rings (SSSR count). The first-order chi connectivity index (χ1) is 11.7. The van der Waals surface area contributed by atoms with Crippen molar-refractivity contribution in [3.05, 3.63) is 53.6 Å². The summed E-state index contributed by atoms with van der Waals surface area (Å²) in [6.07, 6.45) is 3.36. The third kappa shape index (κ3) is 4.63. The van der Waals surface area contributed by atoms with Crippen LogP contribution < -0.4 is 0 Å². The Kier molecular flexibility index (Phi) is 5.96. The zero-order valence-electron chi connectivity index (χ0n) is 13.7. The van der Waals surface area contributed by atoms with E-state index in [-0.39, 0.29) is 19.0 Å². The summed E-state index contributed by atoms with van der Waals surface area (Å²) < 4.78 is 18.9. The zero-order chi connectivity index (χ0) is 16.8. The van der Waals surface area contributed by atoms with E-state index in [1.807, 2.05) is 6.07 Å². The summed E-state index contributed by atoms with van der Waals surface area (Å²) in [6, 6.07) is 8.58. The Morgan fingerprint density at radius 3 is 2.79 bits per heavy atom. The zero-order valence-corrected chi connectivity index (χ0v) is 13.7. The molecule has 24 heavy (non-hydrogen) atoms. The number of ether oxygens (including phenoxy) is 1. The molecule has 5 nitrogen and oxygen atoms in total. The van der Waals surface area contributed by atoms with Gasteiger partial charge in [0.2, 0.25) is 0 Å². The van der Waals surface area contributed by atoms with Crippen LogP contribution in [0.25, 0.3) is 0 Å². The van der Waals surface area contributed by atoms with Crippen molar-refractivity contribution in [2.75, 3.05) is 26.2 Å². The van der Waals surface area contributed by atoms with Crippen molar-refractivity contribution in [1.82, 2.24) is 15.1 Å². The van der Waals surface area contributed by atoms with Crippen molar-refractivity contribution in [3.8, 4) is 0 Å². The smallest absolute Gasteiger partial charge is 0.128 e. The average Bonchev–Trinajstić information content (AvgIpc) is 3.12. The van der Waals surface area contributed by atoms with Crippen LogP contribution in [-0.2, 0) is 11.3 Å². The van der Waals surface area contributed by atoms with Gasteiger partial charge in [-0.15, -0.1) is 0 Å². The molecule has 1 fully saturated rings. The highest BCUT2D eigenvalue weighted by Crippen LogP contribution is 2.26. The molecule has 0 amide bonds. The van der Waals surface area contributed by atoms with E-state index in [0.717, 1.165) is 25.9 Å². The lowest BCUT2D eigenvalue weighted by molar-refractivity contribution is 0.00544. The minimum atomic E-state index is -0.555. The van der Waals surface area contributed by atoms with Crippen molar-refractivity contribution < 1.29 is 14.2 Å². The number of benzene rings is 1. The lowest BCUT2D eigenvalue weighted by Gasteiger charge is -2.32. The van der Waals surface area contributed by atoms with Gasteiger partial charge in [-0.2, -0.15) is 5.10 Å². The van der Waals surface area contributed by atoms with E-state index in [4.69, 9.17) is 4.74 Å². The molecule has 1 saturated heterocycles. The average molecular weight is 333 g/mol. The lowest BCUT2D eigenvalue weighted by atomic mass is 9.93. The highest BCUT2D eigenvalue weighted by molar-refractivity contribution is 5.16. The third-order valence-corrected chi connectivity index (χ3v) is 4.54. The number of aromatic nitrogens is 2. The number of H-pyrrole nitrogens is 1. The van der Waals surface area contributed by atoms with Gasteiger partial charge in [-0.05, 0) is 38.1 Å². The second kappa shape index (κ2) is 8.37. The van der Waals surface area contributed by atoms with Crippen LogP contribution >= 0.6 is 0 Å². The molecule has 0 unspecified atom stereocenters. The summed E-state index contributed by atoms with van der Waals surface area (Å²) in [5, 5.41) is 17.2. The highest BCUT2D eigenvalue weighted by atomic mass is 19.1. The SMILES string of the molecule is O[C@H](COCc1ccccc1F)CN1CCC(c2ccn[nH]2)CC1. The number of rotatable bonds is 7. The minimum Gasteiger partial charge on any atom is -0.389 e. The maximum atomic E-state index is 13.5. The van der Waals surface area contributed by atoms with Crippen molar-refractivity contribution in [2.24, 2.45) is 0 Å². The van der Waals surface area contributed by atoms with E-state index >= 15 is 0 Å². The number of hydrogen-bond acceptors (Lipinski definition) is 4. The fraction of sp³-hybridized carbons (Fsp3) is 0.500. The molecule has 130 valence electrons. The summed E-state index contributed by atoms with van der Waals surface area (Å²) in [7, 11) is 0. The third-order valence-electron chi connectivity index (χ3n) is 4.54. The monoisotopic (exact) mass is 333 g/mol. The van der Waals surface area contributed by atoms with Crippen LogP contribution in [0.3, 0.4) is 0 Å². The molecule has 0 spiro atoms. The molecule has 2 aromatic rings. The van der Waals surface area contributed by atoms with Crippen LogP contribution in [0.2, 0.25) is 0 Å². The molecule has 0 bridgehead atoms. The number of likely N-dealkylation sites (tertiary alicyclic amines) is 1. The van der Waals surface area contributed by atoms with Gasteiger partial charge < -0.3 is 14.7 Å². The largest absolute Gasteiger partial charge is 0.389 e. The van der Waals surface area contributed by atoms with Crippen LogP contribution in [0.4, 0.5) is 4.39 Å². The molecule has 0 saturated carbocycles. The topological polar surface area (TPSA) is 61.4 Å². The molecule has 2 heterocycles. The number of halogens is 1. The maximum Gasteiger partial charge on any atom is 0.128 e. The van der Waals surface area contributed by atoms with E-state index in [9.17, 15) is 9.50 Å². The first kappa shape index (κ1) is 17.1. The van der Waals surface area contributed by atoms with Crippen LogP contribution in [0, 0.1) is 5.82 Å². The number of aliphatic hydroxyl groups excluding tert-OH is 1. The minimum absolute atomic E-state index is 0.186. The standard InChI is InChI=1S/C18H24FN3O2/c19-17-4-2-1-3-15(17)12-24-13-16(23)11-22-9-6-14(7-10-22)18-5-8-20-21-18/h1-5,8,14,16,23H,6-7,9-13H2,(H,20,21)/t16-/m0/s1. The van der Waals surface area contributed by atoms with Crippen molar-refractivity contribution in [2.45, 2.75) is 31.5 Å². The first-order valence-corrected chi connectivity index (χ1v) is 8.43. The quantitative estimate of drug-likeness (QED) is 0.816. The summed E-state index contributed by atoms with van der Waals surface area (Å²) in [5.74, 6) is 0.256. The molecular weight excluding hydrogens is 309 g/mol. The number of nitrogens with zero attached hydrogens (tertiary/aromatic N) is 2. The Balaban J connectivity index is 1.35. The molecule has 2 N–H and O–H groups in total. The lowest BCUT2D eigenvalue weighted by Crippen LogP contribution is -2.39. The van der Waals surface area contributed by atoms with Gasteiger partial charge in [0.05, 0.1) is 19.3 Å². The molecule has 0 aliphatic carbocycles. The van der Waals surface area contributed by atoms with E-state index < -0.39 is 6.10 Å². The second-order valence-corrected chi connectivity index (χ2v) is 6.35. The molecule has 1 aliphatic heterocycles. The Bertz CT molecular complexity index is 612. The van der Waals surface area contributed by atoms with Crippen LogP contribution in [0.5, 0.6) is 0 Å². The number of nitrogens with one attached hydrogen (secondary N) is 1. The van der Waals surface area contributed by atoms with Gasteiger partial charge in [0.25, 0.3) is 0 Å². The molecular formula is C18H24FN3O2. The van der Waals surface area contributed by atoms with Gasteiger partial charge in [0, 0.05) is 29.9 Å². The Morgan fingerprint density at radius 2 is 2.08 bits per heavy atom. The van der Waals surface area contributed by atoms with E-state index in [0.29, 0.717) is 18.0 Å². The Hall–Kier alpha value is -1.76. The summed E-state index contributed by atoms with van der Waals surface area (Å²) in [6.45, 7) is 2.90. The van der Waals surface area contributed by atoms with Crippen molar-refractivity contribution in [1.29, 1.82) is 0 Å². The Labute approximate surface area is 141 Å². The Morgan fingerprint density at radius 1 is 1.29 bits per heavy atom. The predicted molar refractivity (Wildman–Crippen MR) is 89.1 cm³/mol. The number of β-amino-alcohol motifs (C(OH)–C–C–N with tert-alkyl or cyclic N) is 1. The van der Waals surface area contributed by atoms with Crippen LogP contribution in [-0.4, -0.2) is 52.5 Å². The van der Waals surface area contributed by atoms with E-state index in [1.165, 1.54) is 11.8 Å². The molecule has 6 heteroatoms. The van der Waals surface area contributed by atoms with Gasteiger partial charge in [-0.3, -0.25) is 5.10 Å². The second-order valence-electron chi connectivity index (χ2n) is 6.35. The molecule has 1 aromatic heterocycles. The van der Waals surface area contributed by atoms with E-state index in [1.54, 1.807) is 24.4 Å². The maximum absolute atomic E-state index is 13.5.